The van der Waals surface area contributed by atoms with E-state index in [4.69, 9.17) is 4.74 Å². The molecule has 0 radical (unpaired) electrons. The van der Waals surface area contributed by atoms with Gasteiger partial charge in [-0.3, -0.25) is 14.4 Å². The largest absolute Gasteiger partial charge is 0.379 e. The molecule has 0 saturated carbocycles. The maximum Gasteiger partial charge on any atom is 0.269 e. The lowest BCUT2D eigenvalue weighted by atomic mass is 10.3. The first-order chi connectivity index (χ1) is 8.27. The molecule has 1 fully saturated rings. The van der Waals surface area contributed by atoms with Crippen molar-refractivity contribution < 1.29 is 9.53 Å². The molecule has 1 saturated heterocycles. The molecular formula is C11H18N4O2. The second kappa shape index (κ2) is 5.79. The van der Waals surface area contributed by atoms with Gasteiger partial charge in [-0.05, 0) is 6.07 Å². The van der Waals surface area contributed by atoms with Gasteiger partial charge in [0.05, 0.1) is 13.2 Å². The second-order valence-electron chi connectivity index (χ2n) is 4.05. The molecule has 1 amide bonds. The van der Waals surface area contributed by atoms with Crippen LogP contribution in [0.3, 0.4) is 0 Å². The van der Waals surface area contributed by atoms with E-state index in [1.165, 1.54) is 0 Å². The first-order valence-electron chi connectivity index (χ1n) is 5.83. The maximum atomic E-state index is 11.8. The number of nitrogens with one attached hydrogen (secondary N) is 1. The van der Waals surface area contributed by atoms with Gasteiger partial charge >= 0.3 is 0 Å². The van der Waals surface area contributed by atoms with Crippen LogP contribution in [0, 0.1) is 0 Å². The number of morpholine rings is 1. The van der Waals surface area contributed by atoms with Gasteiger partial charge in [-0.25, -0.2) is 0 Å². The lowest BCUT2D eigenvalue weighted by molar-refractivity contribution is 0.0383. The van der Waals surface area contributed by atoms with Crippen molar-refractivity contribution in [2.24, 2.45) is 7.05 Å². The monoisotopic (exact) mass is 238 g/mol. The van der Waals surface area contributed by atoms with Gasteiger partial charge in [-0.15, -0.1) is 0 Å². The van der Waals surface area contributed by atoms with E-state index in [2.05, 4.69) is 15.3 Å². The summed E-state index contributed by atoms with van der Waals surface area (Å²) in [7, 11) is 1.76. The lowest BCUT2D eigenvalue weighted by Gasteiger charge is -2.26. The highest BCUT2D eigenvalue weighted by Crippen LogP contribution is 1.97. The number of aryl methyl sites for hydroxylation is 1. The third-order valence-electron chi connectivity index (χ3n) is 2.87. The molecule has 1 aliphatic heterocycles. The van der Waals surface area contributed by atoms with Gasteiger partial charge < -0.3 is 10.1 Å². The highest BCUT2D eigenvalue weighted by atomic mass is 16.5. The Morgan fingerprint density at radius 2 is 2.29 bits per heavy atom. The summed E-state index contributed by atoms with van der Waals surface area (Å²) in [5.41, 5.74) is 0.590. The number of hydrogen-bond donors (Lipinski definition) is 1. The van der Waals surface area contributed by atoms with Crippen LogP contribution in [-0.2, 0) is 11.8 Å². The quantitative estimate of drug-likeness (QED) is 0.767. The van der Waals surface area contributed by atoms with Crippen molar-refractivity contribution >= 4 is 5.91 Å². The summed E-state index contributed by atoms with van der Waals surface area (Å²) in [5, 5.41) is 6.86. The summed E-state index contributed by atoms with van der Waals surface area (Å²) in [6, 6.07) is 1.71. The second-order valence-corrected chi connectivity index (χ2v) is 4.05. The molecule has 1 aromatic rings. The van der Waals surface area contributed by atoms with Crippen LogP contribution in [0.1, 0.15) is 10.5 Å². The normalized spacial score (nSPS) is 17.0. The Morgan fingerprint density at radius 3 is 2.94 bits per heavy atom. The number of ether oxygens (including phenoxy) is 1. The molecule has 6 heteroatoms. The molecule has 2 rings (SSSR count). The minimum Gasteiger partial charge on any atom is -0.379 e. The summed E-state index contributed by atoms with van der Waals surface area (Å²) in [5.74, 6) is -0.0711. The maximum absolute atomic E-state index is 11.8. The molecule has 1 aliphatic rings. The summed E-state index contributed by atoms with van der Waals surface area (Å²) >= 11 is 0. The van der Waals surface area contributed by atoms with Crippen LogP contribution in [0.25, 0.3) is 0 Å². The Kier molecular flexibility index (Phi) is 4.11. The van der Waals surface area contributed by atoms with Crippen LogP contribution in [0.5, 0.6) is 0 Å². The lowest BCUT2D eigenvalue weighted by Crippen LogP contribution is -2.41. The van der Waals surface area contributed by atoms with E-state index in [1.54, 1.807) is 24.0 Å². The molecule has 17 heavy (non-hydrogen) atoms. The Hall–Kier alpha value is -1.40. The number of hydrogen-bond acceptors (Lipinski definition) is 4. The SMILES string of the molecule is Cn1nccc1C(=O)NCCN1CCOCC1. The average molecular weight is 238 g/mol. The molecule has 94 valence electrons. The number of carbonyl (C=O) groups excluding carboxylic acids is 1. The Labute approximate surface area is 101 Å². The molecule has 2 heterocycles. The first kappa shape index (κ1) is 12.1. The minimum absolute atomic E-state index is 0.0711. The summed E-state index contributed by atoms with van der Waals surface area (Å²) in [6.45, 7) is 4.99. The molecule has 1 N–H and O–H groups in total. The molecule has 0 aliphatic carbocycles. The number of amides is 1. The van der Waals surface area contributed by atoms with Crippen LogP contribution in [0.2, 0.25) is 0 Å². The smallest absolute Gasteiger partial charge is 0.269 e. The van der Waals surface area contributed by atoms with Crippen LogP contribution >= 0.6 is 0 Å². The van der Waals surface area contributed by atoms with Gasteiger partial charge in [-0.1, -0.05) is 0 Å². The predicted molar refractivity (Wildman–Crippen MR) is 62.8 cm³/mol. The Bertz CT molecular complexity index is 371. The van der Waals surface area contributed by atoms with Crippen molar-refractivity contribution in [1.82, 2.24) is 20.0 Å². The molecule has 0 aromatic carbocycles. The van der Waals surface area contributed by atoms with Crippen molar-refractivity contribution in [3.8, 4) is 0 Å². The van der Waals surface area contributed by atoms with Gasteiger partial charge in [-0.2, -0.15) is 5.10 Å². The molecule has 0 atom stereocenters. The average Bonchev–Trinajstić information content (AvgIpc) is 2.77. The van der Waals surface area contributed by atoms with E-state index in [9.17, 15) is 4.79 Å². The van der Waals surface area contributed by atoms with E-state index in [0.717, 1.165) is 32.8 Å². The van der Waals surface area contributed by atoms with Crippen LogP contribution in [0.15, 0.2) is 12.3 Å². The highest BCUT2D eigenvalue weighted by molar-refractivity contribution is 5.92. The molecule has 0 spiro atoms. The van der Waals surface area contributed by atoms with Crippen molar-refractivity contribution in [3.05, 3.63) is 18.0 Å². The number of aromatic nitrogens is 2. The third kappa shape index (κ3) is 3.28. The zero-order valence-corrected chi connectivity index (χ0v) is 10.1. The van der Waals surface area contributed by atoms with E-state index < -0.39 is 0 Å². The molecule has 0 bridgehead atoms. The van der Waals surface area contributed by atoms with Crippen molar-refractivity contribution in [2.45, 2.75) is 0 Å². The molecular weight excluding hydrogens is 220 g/mol. The van der Waals surface area contributed by atoms with Gasteiger partial charge in [0.25, 0.3) is 5.91 Å². The number of nitrogens with zero attached hydrogens (tertiary/aromatic N) is 3. The van der Waals surface area contributed by atoms with Crippen LogP contribution < -0.4 is 5.32 Å². The number of carbonyl (C=O) groups is 1. The van der Waals surface area contributed by atoms with E-state index in [-0.39, 0.29) is 5.91 Å². The van der Waals surface area contributed by atoms with Crippen LogP contribution in [0.4, 0.5) is 0 Å². The highest BCUT2D eigenvalue weighted by Gasteiger charge is 2.12. The molecule has 6 nitrogen and oxygen atoms in total. The van der Waals surface area contributed by atoms with Crippen molar-refractivity contribution in [3.63, 3.8) is 0 Å². The van der Waals surface area contributed by atoms with Gasteiger partial charge in [0.1, 0.15) is 5.69 Å². The summed E-state index contributed by atoms with van der Waals surface area (Å²) in [4.78, 5) is 14.0. The fourth-order valence-electron chi connectivity index (χ4n) is 1.84. The van der Waals surface area contributed by atoms with Crippen LogP contribution in [-0.4, -0.2) is 60.0 Å². The van der Waals surface area contributed by atoms with Gasteiger partial charge in [0.2, 0.25) is 0 Å². The fraction of sp³-hybridized carbons (Fsp3) is 0.636. The first-order valence-corrected chi connectivity index (χ1v) is 5.83. The summed E-state index contributed by atoms with van der Waals surface area (Å²) in [6.07, 6.45) is 1.62. The minimum atomic E-state index is -0.0711. The van der Waals surface area contributed by atoms with Gasteiger partial charge in [0.15, 0.2) is 0 Å². The Morgan fingerprint density at radius 1 is 1.53 bits per heavy atom. The standard InChI is InChI=1S/C11H18N4O2/c1-14-10(2-3-13-14)11(16)12-4-5-15-6-8-17-9-7-15/h2-3H,4-9H2,1H3,(H,12,16). The van der Waals surface area contributed by atoms with E-state index >= 15 is 0 Å². The van der Waals surface area contributed by atoms with Crippen molar-refractivity contribution in [1.29, 1.82) is 0 Å². The van der Waals surface area contributed by atoms with E-state index in [0.29, 0.717) is 12.2 Å². The van der Waals surface area contributed by atoms with Gasteiger partial charge in [0, 0.05) is 39.4 Å². The molecule has 1 aromatic heterocycles. The summed E-state index contributed by atoms with van der Waals surface area (Å²) < 4.78 is 6.83. The van der Waals surface area contributed by atoms with Crippen molar-refractivity contribution in [2.75, 3.05) is 39.4 Å². The predicted octanol–water partition coefficient (Wildman–Crippen LogP) is -0.518. The topological polar surface area (TPSA) is 59.4 Å². The zero-order chi connectivity index (χ0) is 12.1. The number of rotatable bonds is 4. The van der Waals surface area contributed by atoms with E-state index in [1.807, 2.05) is 0 Å². The third-order valence-corrected chi connectivity index (χ3v) is 2.87. The molecule has 0 unspecified atom stereocenters. The zero-order valence-electron chi connectivity index (χ0n) is 10.1. The fourth-order valence-corrected chi connectivity index (χ4v) is 1.84. The Balaban J connectivity index is 1.71.